The van der Waals surface area contributed by atoms with Crippen LogP contribution in [0.4, 0.5) is 0 Å². The van der Waals surface area contributed by atoms with Gasteiger partial charge in [-0.2, -0.15) is 0 Å². The molecule has 0 unspecified atom stereocenters. The van der Waals surface area contributed by atoms with Crippen LogP contribution in [0.5, 0.6) is 0 Å². The van der Waals surface area contributed by atoms with E-state index in [0.29, 0.717) is 0 Å². The minimum absolute atomic E-state index is 0.821. The van der Waals surface area contributed by atoms with Crippen LogP contribution in [0, 0.1) is 0 Å². The van der Waals surface area contributed by atoms with Crippen molar-refractivity contribution in [2.75, 3.05) is 0 Å². The topological polar surface area (TPSA) is 17.1 Å². The van der Waals surface area contributed by atoms with Gasteiger partial charge >= 0.3 is 0 Å². The zero-order chi connectivity index (χ0) is 12.4. The summed E-state index contributed by atoms with van der Waals surface area (Å²) in [5.41, 5.74) is 0. The average Bonchev–Trinajstić information content (AvgIpc) is 3.09. The fourth-order valence-electron chi connectivity index (χ4n) is 1.54. The van der Waals surface area contributed by atoms with E-state index in [9.17, 15) is 4.79 Å². The van der Waals surface area contributed by atoms with Crippen LogP contribution in [0.25, 0.3) is 18.8 Å². The molecule has 0 radical (unpaired) electrons. The third-order valence-electron chi connectivity index (χ3n) is 2.35. The molecule has 0 atom stereocenters. The highest BCUT2D eigenvalue weighted by molar-refractivity contribution is 7.27. The van der Waals surface area contributed by atoms with Gasteiger partial charge in [-0.25, -0.2) is 0 Å². The Hall–Kier alpha value is -1.01. The summed E-state index contributed by atoms with van der Waals surface area (Å²) < 4.78 is 5.25. The van der Waals surface area contributed by atoms with Crippen LogP contribution in [0.2, 0.25) is 0 Å². The summed E-state index contributed by atoms with van der Waals surface area (Å²) >= 11 is 6.83. The molecule has 0 amide bonds. The summed E-state index contributed by atoms with van der Waals surface area (Å²) in [7, 11) is 0. The van der Waals surface area contributed by atoms with Crippen LogP contribution in [0.3, 0.4) is 0 Å². The first kappa shape index (κ1) is 12.0. The molecular weight excluding hydrogens is 300 g/mol. The maximum atomic E-state index is 10.3. The molecule has 18 heavy (non-hydrogen) atoms. The molecule has 4 rings (SSSR count). The predicted molar refractivity (Wildman–Crippen MR) is 84.8 cm³/mol. The zero-order valence-corrected chi connectivity index (χ0v) is 12.4. The molecule has 5 heteroatoms. The summed E-state index contributed by atoms with van der Waals surface area (Å²) in [5.74, 6) is 0. The van der Waals surface area contributed by atoms with E-state index < -0.39 is 0 Å². The van der Waals surface area contributed by atoms with E-state index in [1.54, 1.807) is 45.3 Å². The molecule has 90 valence electrons. The fourth-order valence-corrected chi connectivity index (χ4v) is 5.30. The minimum Gasteiger partial charge on any atom is -0.297 e. The highest BCUT2D eigenvalue weighted by Gasteiger charge is 1.99. The molecule has 0 aromatic carbocycles. The molecule has 0 fully saturated rings. The van der Waals surface area contributed by atoms with Gasteiger partial charge in [0.05, 0.1) is 4.88 Å². The van der Waals surface area contributed by atoms with Crippen LogP contribution in [0.15, 0.2) is 40.4 Å². The number of aldehydes is 1. The summed E-state index contributed by atoms with van der Waals surface area (Å²) in [5, 5.41) is 6.29. The quantitative estimate of drug-likeness (QED) is 0.410. The van der Waals surface area contributed by atoms with Gasteiger partial charge in [-0.15, -0.1) is 45.3 Å². The van der Waals surface area contributed by atoms with Gasteiger partial charge in [-0.3, -0.25) is 4.79 Å². The molecule has 0 aliphatic rings. The number of hydrogen-bond acceptors (Lipinski definition) is 5. The largest absolute Gasteiger partial charge is 0.297 e. The Morgan fingerprint density at radius 1 is 0.778 bits per heavy atom. The molecule has 0 spiro atoms. The molecule has 4 heterocycles. The second-order valence-corrected chi connectivity index (χ2v) is 7.44. The van der Waals surface area contributed by atoms with Gasteiger partial charge < -0.3 is 0 Å². The van der Waals surface area contributed by atoms with Gasteiger partial charge in [-0.05, 0) is 40.4 Å². The van der Waals surface area contributed by atoms with E-state index in [1.807, 2.05) is 17.5 Å². The molecule has 0 saturated carbocycles. The number of hydrogen-bond donors (Lipinski definition) is 0. The lowest BCUT2D eigenvalue weighted by Crippen LogP contribution is -1.62. The predicted octanol–water partition coefficient (Wildman–Crippen LogP) is 5.74. The summed E-state index contributed by atoms with van der Waals surface area (Å²) in [6.07, 6.45) is 0.900. The monoisotopic (exact) mass is 308 g/mol. The molecule has 0 aliphatic heterocycles. The number of carbonyl (C=O) groups excluding carboxylic acids is 1. The first-order chi connectivity index (χ1) is 8.86. The van der Waals surface area contributed by atoms with Crippen molar-refractivity contribution in [1.29, 1.82) is 0 Å². The first-order valence-corrected chi connectivity index (χ1v) is 8.65. The standard InChI is InChI=1S/C7H4OS2.C6H4S2/c8-4-5-3-7-6(10-5)1-2-9-7;1-3-7-6-2-4-8-5(1)6/h1-4H;1-4H. The highest BCUT2D eigenvalue weighted by atomic mass is 32.1. The van der Waals surface area contributed by atoms with Crippen molar-refractivity contribution in [3.63, 3.8) is 0 Å². The van der Waals surface area contributed by atoms with Gasteiger partial charge in [0.25, 0.3) is 0 Å². The third-order valence-corrected chi connectivity index (χ3v) is 6.26. The lowest BCUT2D eigenvalue weighted by Gasteiger charge is -1.69. The van der Waals surface area contributed by atoms with E-state index in [4.69, 9.17) is 0 Å². The molecule has 4 aromatic heterocycles. The minimum atomic E-state index is 0.821. The Morgan fingerprint density at radius 2 is 1.33 bits per heavy atom. The molecule has 0 saturated heterocycles. The number of thiophene rings is 4. The molecular formula is C13H8OS4. The van der Waals surface area contributed by atoms with Gasteiger partial charge in [0.15, 0.2) is 6.29 Å². The summed E-state index contributed by atoms with van der Waals surface area (Å²) in [4.78, 5) is 11.1. The van der Waals surface area contributed by atoms with Gasteiger partial charge in [0.1, 0.15) is 0 Å². The molecule has 4 aromatic rings. The van der Waals surface area contributed by atoms with Crippen LogP contribution in [-0.2, 0) is 0 Å². The zero-order valence-electron chi connectivity index (χ0n) is 9.16. The SMILES string of the molecule is O=Cc1cc2sccc2s1.c1cc2sccc2s1. The van der Waals surface area contributed by atoms with Crippen molar-refractivity contribution in [2.45, 2.75) is 0 Å². The fraction of sp³-hybridized carbons (Fsp3) is 0. The van der Waals surface area contributed by atoms with Crippen molar-refractivity contribution < 1.29 is 4.79 Å². The van der Waals surface area contributed by atoms with Crippen molar-refractivity contribution in [3.05, 3.63) is 45.3 Å². The van der Waals surface area contributed by atoms with Crippen LogP contribution in [0.1, 0.15) is 9.67 Å². The van der Waals surface area contributed by atoms with E-state index in [0.717, 1.165) is 11.2 Å². The Labute approximate surface area is 120 Å². The Bertz CT molecular complexity index is 691. The Morgan fingerprint density at radius 3 is 1.89 bits per heavy atom. The van der Waals surface area contributed by atoms with E-state index in [1.165, 1.54) is 18.8 Å². The number of rotatable bonds is 1. The van der Waals surface area contributed by atoms with Gasteiger partial charge in [0, 0.05) is 18.8 Å². The Kier molecular flexibility index (Phi) is 3.56. The van der Waals surface area contributed by atoms with Crippen LogP contribution >= 0.6 is 45.3 Å². The lowest BCUT2D eigenvalue weighted by atomic mass is 10.5. The lowest BCUT2D eigenvalue weighted by molar-refractivity contribution is 0.112. The molecule has 0 aliphatic carbocycles. The normalized spacial score (nSPS) is 10.4. The highest BCUT2D eigenvalue weighted by Crippen LogP contribution is 2.28. The van der Waals surface area contributed by atoms with Crippen molar-refractivity contribution in [1.82, 2.24) is 0 Å². The van der Waals surface area contributed by atoms with Crippen molar-refractivity contribution in [2.24, 2.45) is 0 Å². The maximum absolute atomic E-state index is 10.3. The number of carbonyl (C=O) groups is 1. The Balaban J connectivity index is 0.000000114. The van der Waals surface area contributed by atoms with Crippen molar-refractivity contribution >= 4 is 70.4 Å². The second kappa shape index (κ2) is 5.32. The third kappa shape index (κ3) is 2.40. The first-order valence-electron chi connectivity index (χ1n) is 5.20. The maximum Gasteiger partial charge on any atom is 0.160 e. The van der Waals surface area contributed by atoms with E-state index >= 15 is 0 Å². The number of fused-ring (bicyclic) bond motifs is 2. The van der Waals surface area contributed by atoms with Crippen LogP contribution < -0.4 is 0 Å². The van der Waals surface area contributed by atoms with E-state index in [2.05, 4.69) is 22.9 Å². The van der Waals surface area contributed by atoms with Gasteiger partial charge in [0.2, 0.25) is 0 Å². The summed E-state index contributed by atoms with van der Waals surface area (Å²) in [6.45, 7) is 0. The van der Waals surface area contributed by atoms with Crippen LogP contribution in [-0.4, -0.2) is 6.29 Å². The average molecular weight is 308 g/mol. The van der Waals surface area contributed by atoms with E-state index in [-0.39, 0.29) is 0 Å². The van der Waals surface area contributed by atoms with Gasteiger partial charge in [-0.1, -0.05) is 0 Å². The summed E-state index contributed by atoms with van der Waals surface area (Å²) in [6, 6.07) is 8.28. The molecule has 0 N–H and O–H groups in total. The smallest absolute Gasteiger partial charge is 0.160 e. The second-order valence-electron chi connectivity index (χ2n) is 3.49. The molecule has 0 bridgehead atoms. The molecule has 1 nitrogen and oxygen atoms in total. The van der Waals surface area contributed by atoms with Crippen molar-refractivity contribution in [3.8, 4) is 0 Å².